The molecule has 0 saturated carbocycles. The Labute approximate surface area is 178 Å². The second-order valence-electron chi connectivity index (χ2n) is 7.41. The summed E-state index contributed by atoms with van der Waals surface area (Å²) >= 11 is 0. The van der Waals surface area contributed by atoms with Gasteiger partial charge in [-0.05, 0) is 56.3 Å². The van der Waals surface area contributed by atoms with Crippen molar-refractivity contribution >= 4 is 11.7 Å². The zero-order valence-electron chi connectivity index (χ0n) is 16.8. The Bertz CT molecular complexity index is 1160. The number of hydrogen-bond acceptors (Lipinski definition) is 6. The molecule has 1 saturated heterocycles. The normalized spacial score (nSPS) is 14.5. The molecule has 1 amide bonds. The SMILES string of the molecule is O=C(Nc1cc(C2CCNCC2)nn1-c1ccccn1)c1cccc(-c2ccn[nH]2)n1. The zero-order valence-corrected chi connectivity index (χ0v) is 16.8. The van der Waals surface area contributed by atoms with Crippen LogP contribution in [0.5, 0.6) is 0 Å². The summed E-state index contributed by atoms with van der Waals surface area (Å²) in [4.78, 5) is 21.9. The molecule has 1 aliphatic rings. The van der Waals surface area contributed by atoms with Crippen LogP contribution in [0.3, 0.4) is 0 Å². The van der Waals surface area contributed by atoms with Crippen molar-refractivity contribution in [2.24, 2.45) is 0 Å². The fraction of sp³-hybridized carbons (Fsp3) is 0.227. The molecule has 5 rings (SSSR count). The van der Waals surface area contributed by atoms with Gasteiger partial charge >= 0.3 is 0 Å². The van der Waals surface area contributed by atoms with Crippen molar-refractivity contribution in [3.63, 3.8) is 0 Å². The third-order valence-corrected chi connectivity index (χ3v) is 5.35. The van der Waals surface area contributed by atoms with Gasteiger partial charge < -0.3 is 10.6 Å². The lowest BCUT2D eigenvalue weighted by atomic mass is 9.95. The molecule has 4 aromatic rings. The lowest BCUT2D eigenvalue weighted by Gasteiger charge is -2.20. The predicted octanol–water partition coefficient (Wildman–Crippen LogP) is 2.77. The number of hydrogen-bond donors (Lipinski definition) is 3. The standard InChI is InChI=1S/C22H22N8O/c31-22(18-5-3-4-16(26-18)17-9-13-25-28-17)27-21-14-19(15-7-11-23-12-8-15)29-30(21)20-6-1-2-10-24-20/h1-6,9-10,13-15,23H,7-8,11-12H2,(H,25,28)(H,27,31). The average molecular weight is 414 g/mol. The number of amides is 1. The van der Waals surface area contributed by atoms with E-state index in [1.54, 1.807) is 29.2 Å². The van der Waals surface area contributed by atoms with Gasteiger partial charge in [0.15, 0.2) is 5.82 Å². The first-order chi connectivity index (χ1) is 15.3. The third-order valence-electron chi connectivity index (χ3n) is 5.35. The molecule has 0 radical (unpaired) electrons. The van der Waals surface area contributed by atoms with Crippen LogP contribution in [-0.4, -0.2) is 48.9 Å². The summed E-state index contributed by atoms with van der Waals surface area (Å²) in [5.41, 5.74) is 2.67. The molecule has 31 heavy (non-hydrogen) atoms. The first kappa shape index (κ1) is 19.1. The van der Waals surface area contributed by atoms with Crippen LogP contribution in [0.15, 0.2) is 60.9 Å². The Hall–Kier alpha value is -3.85. The minimum atomic E-state index is -0.310. The molecule has 0 aromatic carbocycles. The molecular formula is C22H22N8O. The molecule has 9 heteroatoms. The number of nitrogens with one attached hydrogen (secondary N) is 3. The maximum absolute atomic E-state index is 13.0. The summed E-state index contributed by atoms with van der Waals surface area (Å²) in [5, 5.41) is 18.0. The highest BCUT2D eigenvalue weighted by Gasteiger charge is 2.22. The number of carbonyl (C=O) groups is 1. The van der Waals surface area contributed by atoms with E-state index in [4.69, 9.17) is 5.10 Å². The first-order valence-corrected chi connectivity index (χ1v) is 10.3. The van der Waals surface area contributed by atoms with Crippen LogP contribution in [0.25, 0.3) is 17.2 Å². The highest BCUT2D eigenvalue weighted by Crippen LogP contribution is 2.28. The summed E-state index contributed by atoms with van der Waals surface area (Å²) in [6.45, 7) is 1.93. The maximum atomic E-state index is 13.0. The minimum Gasteiger partial charge on any atom is -0.317 e. The lowest BCUT2D eigenvalue weighted by molar-refractivity contribution is 0.102. The average Bonchev–Trinajstić information content (AvgIpc) is 3.51. The molecule has 1 fully saturated rings. The maximum Gasteiger partial charge on any atom is 0.275 e. The molecule has 0 bridgehead atoms. The van der Waals surface area contributed by atoms with E-state index in [1.807, 2.05) is 36.4 Å². The van der Waals surface area contributed by atoms with Gasteiger partial charge in [-0.3, -0.25) is 9.89 Å². The van der Waals surface area contributed by atoms with E-state index in [9.17, 15) is 4.79 Å². The van der Waals surface area contributed by atoms with Crippen molar-refractivity contribution < 1.29 is 4.79 Å². The Morgan fingerprint density at radius 1 is 1.06 bits per heavy atom. The van der Waals surface area contributed by atoms with Crippen LogP contribution in [0, 0.1) is 0 Å². The molecule has 0 unspecified atom stereocenters. The van der Waals surface area contributed by atoms with Gasteiger partial charge in [0.2, 0.25) is 0 Å². The van der Waals surface area contributed by atoms with E-state index in [2.05, 4.69) is 30.8 Å². The van der Waals surface area contributed by atoms with Gasteiger partial charge in [-0.2, -0.15) is 14.9 Å². The van der Waals surface area contributed by atoms with Gasteiger partial charge in [0.1, 0.15) is 11.5 Å². The topological polar surface area (TPSA) is 113 Å². The minimum absolute atomic E-state index is 0.310. The summed E-state index contributed by atoms with van der Waals surface area (Å²) in [7, 11) is 0. The number of anilines is 1. The number of nitrogens with zero attached hydrogens (tertiary/aromatic N) is 5. The van der Waals surface area contributed by atoms with Crippen LogP contribution in [0.1, 0.15) is 34.9 Å². The Kier molecular flexibility index (Phi) is 5.24. The summed E-state index contributed by atoms with van der Waals surface area (Å²) < 4.78 is 1.69. The van der Waals surface area contributed by atoms with Gasteiger partial charge in [-0.1, -0.05) is 12.1 Å². The summed E-state index contributed by atoms with van der Waals surface area (Å²) in [6.07, 6.45) is 5.39. The molecular weight excluding hydrogens is 392 g/mol. The van der Waals surface area contributed by atoms with Gasteiger partial charge in [0.25, 0.3) is 5.91 Å². The number of H-pyrrole nitrogens is 1. The van der Waals surface area contributed by atoms with E-state index in [-0.39, 0.29) is 5.91 Å². The van der Waals surface area contributed by atoms with Crippen molar-refractivity contribution in [3.05, 3.63) is 72.3 Å². The van der Waals surface area contributed by atoms with Gasteiger partial charge in [0.05, 0.1) is 17.1 Å². The predicted molar refractivity (Wildman–Crippen MR) is 116 cm³/mol. The van der Waals surface area contributed by atoms with Crippen molar-refractivity contribution in [3.8, 4) is 17.2 Å². The van der Waals surface area contributed by atoms with E-state index < -0.39 is 0 Å². The smallest absolute Gasteiger partial charge is 0.275 e. The van der Waals surface area contributed by atoms with E-state index in [0.717, 1.165) is 37.3 Å². The number of rotatable bonds is 5. The molecule has 3 N–H and O–H groups in total. The molecule has 5 heterocycles. The number of aromatic nitrogens is 6. The monoisotopic (exact) mass is 414 g/mol. The molecule has 1 aliphatic heterocycles. The van der Waals surface area contributed by atoms with E-state index in [0.29, 0.717) is 28.9 Å². The van der Waals surface area contributed by atoms with Crippen molar-refractivity contribution in [1.29, 1.82) is 0 Å². The summed E-state index contributed by atoms with van der Waals surface area (Å²) in [6, 6.07) is 14.7. The molecule has 4 aromatic heterocycles. The van der Waals surface area contributed by atoms with Crippen molar-refractivity contribution in [2.75, 3.05) is 18.4 Å². The highest BCUT2D eigenvalue weighted by molar-refractivity contribution is 6.02. The van der Waals surface area contributed by atoms with Crippen molar-refractivity contribution in [2.45, 2.75) is 18.8 Å². The van der Waals surface area contributed by atoms with Crippen LogP contribution in [0.2, 0.25) is 0 Å². The Morgan fingerprint density at radius 2 is 1.97 bits per heavy atom. The number of carbonyl (C=O) groups excluding carboxylic acids is 1. The highest BCUT2D eigenvalue weighted by atomic mass is 16.2. The van der Waals surface area contributed by atoms with Crippen LogP contribution >= 0.6 is 0 Å². The number of piperidine rings is 1. The van der Waals surface area contributed by atoms with Gasteiger partial charge in [-0.15, -0.1) is 0 Å². The Balaban J connectivity index is 1.46. The number of aromatic amines is 1. The molecule has 0 aliphatic carbocycles. The second-order valence-corrected chi connectivity index (χ2v) is 7.41. The van der Waals surface area contributed by atoms with Gasteiger partial charge in [-0.25, -0.2) is 9.97 Å². The Morgan fingerprint density at radius 3 is 2.74 bits per heavy atom. The third kappa shape index (κ3) is 4.08. The van der Waals surface area contributed by atoms with Gasteiger partial charge in [0, 0.05) is 24.4 Å². The van der Waals surface area contributed by atoms with Crippen LogP contribution in [0.4, 0.5) is 5.82 Å². The zero-order chi connectivity index (χ0) is 21.0. The number of pyridine rings is 2. The van der Waals surface area contributed by atoms with E-state index >= 15 is 0 Å². The first-order valence-electron chi connectivity index (χ1n) is 10.3. The van der Waals surface area contributed by atoms with Crippen LogP contribution in [-0.2, 0) is 0 Å². The summed E-state index contributed by atoms with van der Waals surface area (Å²) in [5.74, 6) is 1.27. The van der Waals surface area contributed by atoms with Crippen LogP contribution < -0.4 is 10.6 Å². The van der Waals surface area contributed by atoms with Crippen molar-refractivity contribution in [1.82, 2.24) is 35.3 Å². The quantitative estimate of drug-likeness (QED) is 0.463. The molecule has 0 atom stereocenters. The largest absolute Gasteiger partial charge is 0.317 e. The van der Waals surface area contributed by atoms with E-state index in [1.165, 1.54) is 0 Å². The molecule has 9 nitrogen and oxygen atoms in total. The fourth-order valence-electron chi connectivity index (χ4n) is 3.75. The fourth-order valence-corrected chi connectivity index (χ4v) is 3.75. The lowest BCUT2D eigenvalue weighted by Crippen LogP contribution is -2.26. The second kappa shape index (κ2) is 8.49. The molecule has 0 spiro atoms. The molecule has 156 valence electrons.